The Morgan fingerprint density at radius 1 is 1.45 bits per heavy atom. The summed E-state index contributed by atoms with van der Waals surface area (Å²) in [6, 6.07) is 3.82. The van der Waals surface area contributed by atoms with Crippen molar-refractivity contribution in [3.63, 3.8) is 0 Å². The predicted molar refractivity (Wildman–Crippen MR) is 89.5 cm³/mol. The van der Waals surface area contributed by atoms with Gasteiger partial charge in [0.1, 0.15) is 5.69 Å². The molecule has 1 aliphatic rings. The lowest BCUT2D eigenvalue weighted by Gasteiger charge is -2.32. The van der Waals surface area contributed by atoms with Crippen molar-refractivity contribution >= 4 is 17.2 Å². The number of hydrogen-bond donors (Lipinski definition) is 0. The second-order valence-electron chi connectivity index (χ2n) is 6.36. The number of thiazole rings is 1. The molecule has 4 nitrogen and oxygen atoms in total. The average molecular weight is 317 g/mol. The molecule has 0 bridgehead atoms. The standard InChI is InChI=1S/C17H23N3OS/c1-12(2)14-11-22-16(18-14)13-6-4-9-20(10-13)17(21)15-7-5-8-19(15)3/h5,7-8,11-13H,4,6,9-10H2,1-3H3/t13-/m0/s1. The van der Waals surface area contributed by atoms with Crippen molar-refractivity contribution in [2.45, 2.75) is 38.5 Å². The minimum Gasteiger partial charge on any atom is -0.347 e. The van der Waals surface area contributed by atoms with Gasteiger partial charge >= 0.3 is 0 Å². The van der Waals surface area contributed by atoms with Crippen LogP contribution in [0, 0.1) is 0 Å². The summed E-state index contributed by atoms with van der Waals surface area (Å²) in [6.07, 6.45) is 4.10. The SMILES string of the molecule is CC(C)c1csc([C@H]2CCCN(C(=O)c3cccn3C)C2)n1. The zero-order chi connectivity index (χ0) is 15.7. The summed E-state index contributed by atoms with van der Waals surface area (Å²) in [5.41, 5.74) is 1.94. The number of aryl methyl sites for hydroxylation is 1. The molecule has 1 fully saturated rings. The predicted octanol–water partition coefficient (Wildman–Crippen LogP) is 3.62. The van der Waals surface area contributed by atoms with Gasteiger partial charge in [-0.3, -0.25) is 4.79 Å². The Balaban J connectivity index is 1.73. The number of carbonyl (C=O) groups is 1. The van der Waals surface area contributed by atoms with Gasteiger partial charge in [-0.25, -0.2) is 4.98 Å². The molecule has 0 saturated carbocycles. The summed E-state index contributed by atoms with van der Waals surface area (Å²) in [5.74, 6) is 0.989. The summed E-state index contributed by atoms with van der Waals surface area (Å²) in [7, 11) is 1.92. The lowest BCUT2D eigenvalue weighted by molar-refractivity contribution is 0.0697. The number of carbonyl (C=O) groups excluding carboxylic acids is 1. The van der Waals surface area contributed by atoms with E-state index < -0.39 is 0 Å². The number of likely N-dealkylation sites (tertiary alicyclic amines) is 1. The Hall–Kier alpha value is -1.62. The van der Waals surface area contributed by atoms with Crippen molar-refractivity contribution in [2.24, 2.45) is 7.05 Å². The Labute approximate surface area is 135 Å². The molecular formula is C17H23N3OS. The van der Waals surface area contributed by atoms with Crippen LogP contribution in [0.4, 0.5) is 0 Å². The first-order valence-electron chi connectivity index (χ1n) is 7.92. The van der Waals surface area contributed by atoms with E-state index in [1.54, 1.807) is 11.3 Å². The van der Waals surface area contributed by atoms with E-state index in [2.05, 4.69) is 19.2 Å². The van der Waals surface area contributed by atoms with Crippen LogP contribution in [-0.4, -0.2) is 33.4 Å². The first kappa shape index (κ1) is 15.3. The molecule has 2 aromatic heterocycles. The molecule has 1 saturated heterocycles. The maximum atomic E-state index is 12.7. The minimum atomic E-state index is 0.137. The number of hydrogen-bond acceptors (Lipinski definition) is 3. The molecule has 0 aromatic carbocycles. The lowest BCUT2D eigenvalue weighted by atomic mass is 9.98. The second-order valence-corrected chi connectivity index (χ2v) is 7.25. The highest BCUT2D eigenvalue weighted by atomic mass is 32.1. The zero-order valence-electron chi connectivity index (χ0n) is 13.5. The van der Waals surface area contributed by atoms with E-state index in [0.717, 1.165) is 31.6 Å². The van der Waals surface area contributed by atoms with Crippen LogP contribution in [0.15, 0.2) is 23.7 Å². The highest BCUT2D eigenvalue weighted by Gasteiger charge is 2.28. The highest BCUT2D eigenvalue weighted by Crippen LogP contribution is 2.31. The van der Waals surface area contributed by atoms with Crippen molar-refractivity contribution in [1.82, 2.24) is 14.5 Å². The van der Waals surface area contributed by atoms with Crippen LogP contribution in [0.3, 0.4) is 0 Å². The van der Waals surface area contributed by atoms with Gasteiger partial charge in [-0.1, -0.05) is 13.8 Å². The Morgan fingerprint density at radius 2 is 2.27 bits per heavy atom. The molecule has 3 rings (SSSR count). The normalized spacial score (nSPS) is 18.9. The quantitative estimate of drug-likeness (QED) is 0.867. The molecule has 1 amide bonds. The van der Waals surface area contributed by atoms with E-state index in [0.29, 0.717) is 11.8 Å². The fourth-order valence-electron chi connectivity index (χ4n) is 2.96. The van der Waals surface area contributed by atoms with Crippen LogP contribution in [-0.2, 0) is 7.05 Å². The summed E-state index contributed by atoms with van der Waals surface area (Å²) in [5, 5.41) is 3.35. The number of aromatic nitrogens is 2. The van der Waals surface area contributed by atoms with Gasteiger partial charge in [0, 0.05) is 37.6 Å². The minimum absolute atomic E-state index is 0.137. The summed E-state index contributed by atoms with van der Waals surface area (Å²) in [4.78, 5) is 19.4. The van der Waals surface area contributed by atoms with Gasteiger partial charge < -0.3 is 9.47 Å². The van der Waals surface area contributed by atoms with E-state index in [9.17, 15) is 4.79 Å². The van der Waals surface area contributed by atoms with Crippen molar-refractivity contribution < 1.29 is 4.79 Å². The number of piperidine rings is 1. The molecule has 118 valence electrons. The molecule has 2 aromatic rings. The van der Waals surface area contributed by atoms with Crippen molar-refractivity contribution in [2.75, 3.05) is 13.1 Å². The third-order valence-corrected chi connectivity index (χ3v) is 5.38. The van der Waals surface area contributed by atoms with Gasteiger partial charge in [0.15, 0.2) is 0 Å². The number of nitrogens with zero attached hydrogens (tertiary/aromatic N) is 3. The first-order valence-corrected chi connectivity index (χ1v) is 8.80. The van der Waals surface area contributed by atoms with Gasteiger partial charge in [-0.05, 0) is 30.9 Å². The Bertz CT molecular complexity index is 658. The summed E-state index contributed by atoms with van der Waals surface area (Å²) < 4.78 is 1.90. The lowest BCUT2D eigenvalue weighted by Crippen LogP contribution is -2.39. The van der Waals surface area contributed by atoms with Gasteiger partial charge in [0.25, 0.3) is 5.91 Å². The van der Waals surface area contributed by atoms with Gasteiger partial charge in [0.2, 0.25) is 0 Å². The molecule has 3 heterocycles. The molecule has 5 heteroatoms. The van der Waals surface area contributed by atoms with Crippen LogP contribution in [0.25, 0.3) is 0 Å². The monoisotopic (exact) mass is 317 g/mol. The topological polar surface area (TPSA) is 38.1 Å². The third-order valence-electron chi connectivity index (χ3n) is 4.35. The van der Waals surface area contributed by atoms with E-state index in [1.165, 1.54) is 10.7 Å². The fourth-order valence-corrected chi connectivity index (χ4v) is 4.07. The van der Waals surface area contributed by atoms with Crippen LogP contribution in [0.5, 0.6) is 0 Å². The van der Waals surface area contributed by atoms with Gasteiger partial charge in [0.05, 0.1) is 10.7 Å². The smallest absolute Gasteiger partial charge is 0.270 e. The van der Waals surface area contributed by atoms with E-state index in [1.807, 2.05) is 34.8 Å². The van der Waals surface area contributed by atoms with E-state index in [-0.39, 0.29) is 5.91 Å². The Kier molecular flexibility index (Phi) is 4.34. The van der Waals surface area contributed by atoms with Gasteiger partial charge in [-0.2, -0.15) is 0 Å². The third kappa shape index (κ3) is 2.95. The zero-order valence-corrected chi connectivity index (χ0v) is 14.3. The molecule has 0 unspecified atom stereocenters. The second kappa shape index (κ2) is 6.24. The molecule has 0 spiro atoms. The van der Waals surface area contributed by atoms with E-state index >= 15 is 0 Å². The largest absolute Gasteiger partial charge is 0.347 e. The maximum absolute atomic E-state index is 12.7. The summed E-state index contributed by atoms with van der Waals surface area (Å²) >= 11 is 1.74. The van der Waals surface area contributed by atoms with Crippen molar-refractivity contribution in [3.05, 3.63) is 40.1 Å². The van der Waals surface area contributed by atoms with Crippen molar-refractivity contribution in [3.8, 4) is 0 Å². The highest BCUT2D eigenvalue weighted by molar-refractivity contribution is 7.09. The van der Waals surface area contributed by atoms with Crippen molar-refractivity contribution in [1.29, 1.82) is 0 Å². The van der Waals surface area contributed by atoms with Crippen LogP contribution >= 0.6 is 11.3 Å². The van der Waals surface area contributed by atoms with Gasteiger partial charge in [-0.15, -0.1) is 11.3 Å². The number of amides is 1. The molecule has 1 aliphatic heterocycles. The van der Waals surface area contributed by atoms with Crippen LogP contribution in [0.2, 0.25) is 0 Å². The maximum Gasteiger partial charge on any atom is 0.270 e. The molecule has 22 heavy (non-hydrogen) atoms. The molecule has 0 N–H and O–H groups in total. The number of rotatable bonds is 3. The molecular weight excluding hydrogens is 294 g/mol. The molecule has 1 atom stereocenters. The molecule has 0 radical (unpaired) electrons. The molecule has 0 aliphatic carbocycles. The first-order chi connectivity index (χ1) is 10.6. The Morgan fingerprint density at radius 3 is 2.91 bits per heavy atom. The van der Waals surface area contributed by atoms with E-state index in [4.69, 9.17) is 4.98 Å². The fraction of sp³-hybridized carbons (Fsp3) is 0.529. The van der Waals surface area contributed by atoms with Crippen LogP contribution < -0.4 is 0 Å². The average Bonchev–Trinajstić information content (AvgIpc) is 3.15. The summed E-state index contributed by atoms with van der Waals surface area (Å²) in [6.45, 7) is 5.98. The van der Waals surface area contributed by atoms with Crippen LogP contribution in [0.1, 0.15) is 59.7 Å².